The van der Waals surface area contributed by atoms with E-state index in [-0.39, 0.29) is 18.3 Å². The van der Waals surface area contributed by atoms with Gasteiger partial charge in [0.05, 0.1) is 12.2 Å². The molecule has 0 spiro atoms. The topological polar surface area (TPSA) is 73.9 Å². The van der Waals surface area contributed by atoms with Crippen LogP contribution in [0.1, 0.15) is 50.2 Å². The Morgan fingerprint density at radius 3 is 2.96 bits per heavy atom. The third-order valence-electron chi connectivity index (χ3n) is 4.62. The van der Waals surface area contributed by atoms with E-state index in [9.17, 15) is 4.79 Å². The van der Waals surface area contributed by atoms with Crippen molar-refractivity contribution in [1.82, 2.24) is 25.4 Å². The molecule has 8 heteroatoms. The molecule has 0 atom stereocenters. The Bertz CT molecular complexity index is 717. The molecule has 2 N–H and O–H groups in total. The van der Waals surface area contributed by atoms with Gasteiger partial charge in [-0.15, -0.1) is 23.7 Å². The molecule has 0 unspecified atom stereocenters. The number of nitrogens with zero attached hydrogens (tertiary/aromatic N) is 3. The van der Waals surface area contributed by atoms with Crippen LogP contribution in [-0.2, 0) is 32.4 Å². The maximum absolute atomic E-state index is 12.7. The van der Waals surface area contributed by atoms with Gasteiger partial charge in [-0.3, -0.25) is 9.89 Å². The lowest BCUT2D eigenvalue weighted by Crippen LogP contribution is -2.29. The van der Waals surface area contributed by atoms with Gasteiger partial charge >= 0.3 is 0 Å². The van der Waals surface area contributed by atoms with E-state index in [4.69, 9.17) is 4.98 Å². The summed E-state index contributed by atoms with van der Waals surface area (Å²) in [5.74, 6) is -0.0284. The van der Waals surface area contributed by atoms with Crippen LogP contribution < -0.4 is 5.32 Å². The number of amides is 1. The van der Waals surface area contributed by atoms with E-state index in [1.54, 1.807) is 16.2 Å². The predicted octanol–water partition coefficient (Wildman–Crippen LogP) is 2.08. The van der Waals surface area contributed by atoms with Crippen molar-refractivity contribution in [3.8, 4) is 0 Å². The smallest absolute Gasteiger partial charge is 0.274 e. The SMILES string of the molecule is CN(Cc1nc2c(s1)CCCC2)C(=O)c1n[nH]c2c1CNCC2.Cl. The van der Waals surface area contributed by atoms with Gasteiger partial charge in [0.2, 0.25) is 0 Å². The van der Waals surface area contributed by atoms with Crippen LogP contribution >= 0.6 is 23.7 Å². The lowest BCUT2D eigenvalue weighted by Gasteiger charge is -2.17. The summed E-state index contributed by atoms with van der Waals surface area (Å²) < 4.78 is 0. The summed E-state index contributed by atoms with van der Waals surface area (Å²) in [5.41, 5.74) is 3.91. The second-order valence-corrected chi connectivity index (χ2v) is 7.47. The van der Waals surface area contributed by atoms with E-state index in [2.05, 4.69) is 15.5 Å². The van der Waals surface area contributed by atoms with E-state index in [1.807, 2.05) is 7.05 Å². The summed E-state index contributed by atoms with van der Waals surface area (Å²) in [6.07, 6.45) is 5.62. The quantitative estimate of drug-likeness (QED) is 0.871. The van der Waals surface area contributed by atoms with Gasteiger partial charge in [-0.25, -0.2) is 4.98 Å². The maximum Gasteiger partial charge on any atom is 0.274 e. The van der Waals surface area contributed by atoms with Crippen LogP contribution in [0, 0.1) is 0 Å². The van der Waals surface area contributed by atoms with Crippen LogP contribution in [0.2, 0.25) is 0 Å². The molecular formula is C16H22ClN5OS. The third kappa shape index (κ3) is 3.20. The van der Waals surface area contributed by atoms with Gasteiger partial charge in [-0.2, -0.15) is 5.10 Å². The number of aromatic amines is 1. The molecule has 130 valence electrons. The second-order valence-electron chi connectivity index (χ2n) is 6.30. The largest absolute Gasteiger partial charge is 0.334 e. The number of carbonyl (C=O) groups excluding carboxylic acids is 1. The van der Waals surface area contributed by atoms with E-state index < -0.39 is 0 Å². The zero-order chi connectivity index (χ0) is 15.8. The molecule has 0 aromatic carbocycles. The molecule has 0 bridgehead atoms. The van der Waals surface area contributed by atoms with Gasteiger partial charge in [0.15, 0.2) is 5.69 Å². The van der Waals surface area contributed by atoms with E-state index >= 15 is 0 Å². The van der Waals surface area contributed by atoms with Gasteiger partial charge in [0, 0.05) is 42.7 Å². The van der Waals surface area contributed by atoms with Crippen molar-refractivity contribution in [2.45, 2.75) is 45.2 Å². The minimum atomic E-state index is -0.0284. The fourth-order valence-corrected chi connectivity index (χ4v) is 4.54. The highest BCUT2D eigenvalue weighted by molar-refractivity contribution is 7.11. The first-order chi connectivity index (χ1) is 11.2. The highest BCUT2D eigenvalue weighted by atomic mass is 35.5. The highest BCUT2D eigenvalue weighted by Crippen LogP contribution is 2.27. The monoisotopic (exact) mass is 367 g/mol. The zero-order valence-corrected chi connectivity index (χ0v) is 15.4. The van der Waals surface area contributed by atoms with Gasteiger partial charge in [-0.1, -0.05) is 0 Å². The molecule has 0 radical (unpaired) electrons. The summed E-state index contributed by atoms with van der Waals surface area (Å²) >= 11 is 1.76. The number of rotatable bonds is 3. The van der Waals surface area contributed by atoms with Crippen molar-refractivity contribution >= 4 is 29.7 Å². The Kier molecular flexibility index (Phi) is 5.22. The number of H-pyrrole nitrogens is 1. The Labute approximate surface area is 151 Å². The standard InChI is InChI=1S/C16H21N5OS.ClH/c1-21(9-14-18-12-4-2-3-5-13(12)23-14)16(22)15-10-8-17-7-6-11(10)19-20-15;/h17H,2-9H2,1H3,(H,19,20);1H. The molecule has 2 aromatic rings. The second kappa shape index (κ2) is 7.21. The molecule has 2 aromatic heterocycles. The Balaban J connectivity index is 0.00000169. The molecular weight excluding hydrogens is 346 g/mol. The Morgan fingerprint density at radius 2 is 2.12 bits per heavy atom. The summed E-state index contributed by atoms with van der Waals surface area (Å²) in [5, 5.41) is 11.6. The number of hydrogen-bond acceptors (Lipinski definition) is 5. The number of halogens is 1. The van der Waals surface area contributed by atoms with Gasteiger partial charge in [-0.05, 0) is 25.7 Å². The molecule has 0 fully saturated rings. The average Bonchev–Trinajstić information content (AvgIpc) is 3.17. The van der Waals surface area contributed by atoms with Crippen LogP contribution in [-0.4, -0.2) is 39.6 Å². The normalized spacial score (nSPS) is 16.0. The van der Waals surface area contributed by atoms with Crippen molar-refractivity contribution < 1.29 is 4.79 Å². The number of hydrogen-bond donors (Lipinski definition) is 2. The van der Waals surface area contributed by atoms with E-state index in [1.165, 1.54) is 23.4 Å². The van der Waals surface area contributed by atoms with Crippen molar-refractivity contribution in [3.05, 3.63) is 32.5 Å². The first-order valence-electron chi connectivity index (χ1n) is 8.22. The molecule has 6 nitrogen and oxygen atoms in total. The Hall–Kier alpha value is -1.44. The van der Waals surface area contributed by atoms with Crippen LogP contribution in [0.5, 0.6) is 0 Å². The molecule has 1 amide bonds. The van der Waals surface area contributed by atoms with Crippen molar-refractivity contribution in [2.24, 2.45) is 0 Å². The molecule has 0 saturated heterocycles. The fourth-order valence-electron chi connectivity index (χ4n) is 3.33. The van der Waals surface area contributed by atoms with Crippen LogP contribution in [0.15, 0.2) is 0 Å². The number of nitrogens with one attached hydrogen (secondary N) is 2. The van der Waals surface area contributed by atoms with Gasteiger partial charge < -0.3 is 10.2 Å². The number of fused-ring (bicyclic) bond motifs is 2. The number of aryl methyl sites for hydroxylation is 2. The summed E-state index contributed by atoms with van der Waals surface area (Å²) in [7, 11) is 1.83. The van der Waals surface area contributed by atoms with Crippen molar-refractivity contribution in [3.63, 3.8) is 0 Å². The fraction of sp³-hybridized carbons (Fsp3) is 0.562. The lowest BCUT2D eigenvalue weighted by molar-refractivity contribution is 0.0777. The minimum Gasteiger partial charge on any atom is -0.334 e. The first kappa shape index (κ1) is 17.4. The van der Waals surface area contributed by atoms with Gasteiger partial charge in [0.1, 0.15) is 5.01 Å². The molecule has 1 aliphatic carbocycles. The number of aromatic nitrogens is 3. The third-order valence-corrected chi connectivity index (χ3v) is 5.76. The van der Waals surface area contributed by atoms with E-state index in [0.717, 1.165) is 42.1 Å². The first-order valence-corrected chi connectivity index (χ1v) is 9.04. The molecule has 1 aliphatic heterocycles. The predicted molar refractivity (Wildman–Crippen MR) is 95.8 cm³/mol. The molecule has 3 heterocycles. The summed E-state index contributed by atoms with van der Waals surface area (Å²) in [6.45, 7) is 2.21. The van der Waals surface area contributed by atoms with Gasteiger partial charge in [0.25, 0.3) is 5.91 Å². The Morgan fingerprint density at radius 1 is 1.29 bits per heavy atom. The van der Waals surface area contributed by atoms with Crippen molar-refractivity contribution in [1.29, 1.82) is 0 Å². The molecule has 24 heavy (non-hydrogen) atoms. The zero-order valence-electron chi connectivity index (χ0n) is 13.7. The minimum absolute atomic E-state index is 0. The summed E-state index contributed by atoms with van der Waals surface area (Å²) in [4.78, 5) is 20.6. The van der Waals surface area contributed by atoms with E-state index in [0.29, 0.717) is 18.8 Å². The molecule has 4 rings (SSSR count). The van der Waals surface area contributed by atoms with Crippen molar-refractivity contribution in [2.75, 3.05) is 13.6 Å². The van der Waals surface area contributed by atoms with Crippen LogP contribution in [0.25, 0.3) is 0 Å². The highest BCUT2D eigenvalue weighted by Gasteiger charge is 2.25. The maximum atomic E-state index is 12.7. The van der Waals surface area contributed by atoms with Crippen LogP contribution in [0.4, 0.5) is 0 Å². The average molecular weight is 368 g/mol. The summed E-state index contributed by atoms with van der Waals surface area (Å²) in [6, 6.07) is 0. The van der Waals surface area contributed by atoms with Crippen LogP contribution in [0.3, 0.4) is 0 Å². The number of thiazole rings is 1. The molecule has 0 saturated carbocycles. The number of carbonyl (C=O) groups is 1. The lowest BCUT2D eigenvalue weighted by atomic mass is 10.0. The molecule has 2 aliphatic rings.